The average Bonchev–Trinajstić information content (AvgIpc) is 3.08. The molecule has 186 valence electrons. The summed E-state index contributed by atoms with van der Waals surface area (Å²) in [5.41, 5.74) is 1.10. The van der Waals surface area contributed by atoms with Gasteiger partial charge in [0.15, 0.2) is 5.76 Å². The quantitative estimate of drug-likeness (QED) is 0.380. The van der Waals surface area contributed by atoms with Gasteiger partial charge in [-0.2, -0.15) is 0 Å². The van der Waals surface area contributed by atoms with Crippen LogP contribution in [0.15, 0.2) is 38.3 Å². The molecule has 0 saturated carbocycles. The summed E-state index contributed by atoms with van der Waals surface area (Å²) in [5.74, 6) is -1.64. The fourth-order valence-corrected chi connectivity index (χ4v) is 4.47. The maximum absolute atomic E-state index is 12.7. The molecule has 0 aliphatic carbocycles. The molecule has 3 aromatic rings. The summed E-state index contributed by atoms with van der Waals surface area (Å²) < 4.78 is 13.9. The number of imidazole rings is 1. The number of nitrogens with zero attached hydrogens (tertiary/aromatic N) is 4. The van der Waals surface area contributed by atoms with Crippen molar-refractivity contribution in [2.75, 3.05) is 33.3 Å². The largest absolute Gasteiger partial charge is 0.502 e. The molecule has 1 aliphatic heterocycles. The fourth-order valence-electron chi connectivity index (χ4n) is 4.47. The smallest absolute Gasteiger partial charge is 0.328 e. The molecule has 1 N–H and O–H groups in total. The number of amides is 1. The van der Waals surface area contributed by atoms with Crippen LogP contribution in [0.1, 0.15) is 29.4 Å². The van der Waals surface area contributed by atoms with Crippen molar-refractivity contribution >= 4 is 23.4 Å². The summed E-state index contributed by atoms with van der Waals surface area (Å²) in [6.45, 7) is 2.68. The molecular weight excluding hydrogens is 456 g/mol. The van der Waals surface area contributed by atoms with Crippen LogP contribution in [0.25, 0.3) is 11.0 Å². The molecule has 2 aromatic heterocycles. The molecule has 11 nitrogen and oxygen atoms in total. The van der Waals surface area contributed by atoms with E-state index in [-0.39, 0.29) is 17.9 Å². The average molecular weight is 485 g/mol. The molecular formula is C24H28N4O7. The number of rotatable bonds is 7. The standard InChI is InChI=1S/C24H28N4O7/c1-25-18-5-4-15(10-19(18)26(2)24(25)33)17(12-21(31)34-3)23-22(32)20(30)11-16(35-23)13-27-6-8-28(14-29)9-7-27/h4-5,10-11,14,17,32H,6-9,12-13H2,1-3H3/t17-/m0/s1. The van der Waals surface area contributed by atoms with E-state index >= 15 is 0 Å². The first kappa shape index (κ1) is 24.3. The monoisotopic (exact) mass is 484 g/mol. The van der Waals surface area contributed by atoms with Crippen molar-refractivity contribution in [1.82, 2.24) is 18.9 Å². The van der Waals surface area contributed by atoms with Gasteiger partial charge in [-0.05, 0) is 17.7 Å². The van der Waals surface area contributed by atoms with E-state index in [0.717, 1.165) is 6.41 Å². The molecule has 11 heteroatoms. The SMILES string of the molecule is COC(=O)C[C@@H](c1ccc2c(c1)n(C)c(=O)n2C)c1oc(CN2CCN(C=O)CC2)cc(=O)c1O. The highest BCUT2D eigenvalue weighted by Crippen LogP contribution is 2.34. The summed E-state index contributed by atoms with van der Waals surface area (Å²) in [6.07, 6.45) is 0.633. The number of carbonyl (C=O) groups is 2. The Hall–Kier alpha value is -3.86. The number of hydrogen-bond donors (Lipinski definition) is 1. The van der Waals surface area contributed by atoms with E-state index in [1.54, 1.807) is 37.2 Å². The van der Waals surface area contributed by atoms with Crippen molar-refractivity contribution < 1.29 is 23.8 Å². The van der Waals surface area contributed by atoms with Crippen LogP contribution >= 0.6 is 0 Å². The molecule has 0 spiro atoms. The number of benzene rings is 1. The minimum absolute atomic E-state index is 0.0373. The second kappa shape index (κ2) is 9.79. The highest BCUT2D eigenvalue weighted by atomic mass is 16.5. The van der Waals surface area contributed by atoms with E-state index in [9.17, 15) is 24.3 Å². The summed E-state index contributed by atoms with van der Waals surface area (Å²) >= 11 is 0. The Morgan fingerprint density at radius 2 is 1.80 bits per heavy atom. The molecule has 3 heterocycles. The van der Waals surface area contributed by atoms with E-state index in [2.05, 4.69) is 0 Å². The minimum Gasteiger partial charge on any atom is -0.502 e. The van der Waals surface area contributed by atoms with Crippen LogP contribution in [0, 0.1) is 0 Å². The molecule has 35 heavy (non-hydrogen) atoms. The van der Waals surface area contributed by atoms with Gasteiger partial charge in [-0.1, -0.05) is 6.07 Å². The van der Waals surface area contributed by atoms with Gasteiger partial charge >= 0.3 is 11.7 Å². The van der Waals surface area contributed by atoms with Crippen molar-refractivity contribution in [3.63, 3.8) is 0 Å². The summed E-state index contributed by atoms with van der Waals surface area (Å²) in [6, 6.07) is 6.47. The molecule has 0 unspecified atom stereocenters. The summed E-state index contributed by atoms with van der Waals surface area (Å²) in [5, 5.41) is 10.7. The van der Waals surface area contributed by atoms with Crippen molar-refractivity contribution in [2.45, 2.75) is 18.9 Å². The summed E-state index contributed by atoms with van der Waals surface area (Å²) in [4.78, 5) is 52.0. The Bertz CT molecular complexity index is 1380. The van der Waals surface area contributed by atoms with Crippen LogP contribution in [0.3, 0.4) is 0 Å². The molecule has 1 aromatic carbocycles. The zero-order valence-electron chi connectivity index (χ0n) is 19.9. The number of ether oxygens (including phenoxy) is 1. The number of methoxy groups -OCH3 is 1. The van der Waals surface area contributed by atoms with Gasteiger partial charge in [-0.3, -0.25) is 28.4 Å². The molecule has 1 saturated heterocycles. The minimum atomic E-state index is -0.818. The zero-order valence-corrected chi connectivity index (χ0v) is 19.9. The molecule has 1 atom stereocenters. The lowest BCUT2D eigenvalue weighted by molar-refractivity contribution is -0.141. The van der Waals surface area contributed by atoms with Gasteiger partial charge in [0.2, 0.25) is 17.6 Å². The predicted octanol–water partition coefficient (Wildman–Crippen LogP) is 0.505. The normalized spacial score (nSPS) is 15.3. The first-order valence-corrected chi connectivity index (χ1v) is 11.2. The van der Waals surface area contributed by atoms with Crippen LogP contribution in [0.4, 0.5) is 0 Å². The number of aryl methyl sites for hydroxylation is 2. The van der Waals surface area contributed by atoms with Gasteiger partial charge in [0.1, 0.15) is 5.76 Å². The number of hydrogen-bond acceptors (Lipinski definition) is 8. The Balaban J connectivity index is 1.75. The van der Waals surface area contributed by atoms with Crippen LogP contribution in [-0.4, -0.2) is 69.7 Å². The Morgan fingerprint density at radius 3 is 2.46 bits per heavy atom. The van der Waals surface area contributed by atoms with Gasteiger partial charge < -0.3 is 19.2 Å². The third-order valence-corrected chi connectivity index (χ3v) is 6.55. The van der Waals surface area contributed by atoms with E-state index in [1.807, 2.05) is 4.90 Å². The lowest BCUT2D eigenvalue weighted by Gasteiger charge is -2.32. The van der Waals surface area contributed by atoms with E-state index in [0.29, 0.717) is 55.1 Å². The lowest BCUT2D eigenvalue weighted by atomic mass is 9.91. The molecule has 1 aliphatic rings. The Labute approximate surface area is 200 Å². The number of piperazine rings is 1. The van der Waals surface area contributed by atoms with Gasteiger partial charge in [-0.15, -0.1) is 0 Å². The topological polar surface area (TPSA) is 127 Å². The lowest BCUT2D eigenvalue weighted by Crippen LogP contribution is -2.45. The third-order valence-electron chi connectivity index (χ3n) is 6.55. The number of fused-ring (bicyclic) bond motifs is 1. The second-order valence-electron chi connectivity index (χ2n) is 8.69. The predicted molar refractivity (Wildman–Crippen MR) is 126 cm³/mol. The van der Waals surface area contributed by atoms with Gasteiger partial charge in [0.05, 0.1) is 37.0 Å². The Kier molecular flexibility index (Phi) is 6.79. The number of aromatic hydroxyl groups is 1. The first-order chi connectivity index (χ1) is 16.7. The Morgan fingerprint density at radius 1 is 1.11 bits per heavy atom. The molecule has 0 radical (unpaired) electrons. The number of aromatic nitrogens is 2. The first-order valence-electron chi connectivity index (χ1n) is 11.2. The molecule has 1 amide bonds. The van der Waals surface area contributed by atoms with Crippen LogP contribution in [-0.2, 0) is 35.0 Å². The van der Waals surface area contributed by atoms with E-state index in [1.165, 1.54) is 22.3 Å². The van der Waals surface area contributed by atoms with E-state index in [4.69, 9.17) is 9.15 Å². The fraction of sp³-hybridized carbons (Fsp3) is 0.417. The molecule has 1 fully saturated rings. The van der Waals surface area contributed by atoms with Crippen molar-refractivity contribution in [3.05, 3.63) is 62.1 Å². The number of esters is 1. The number of carbonyl (C=O) groups excluding carboxylic acids is 2. The van der Waals surface area contributed by atoms with Crippen molar-refractivity contribution in [3.8, 4) is 5.75 Å². The maximum atomic E-state index is 12.7. The summed E-state index contributed by atoms with van der Waals surface area (Å²) in [7, 11) is 4.57. The third kappa shape index (κ3) is 4.72. The maximum Gasteiger partial charge on any atom is 0.328 e. The molecule has 0 bridgehead atoms. The van der Waals surface area contributed by atoms with Gasteiger partial charge in [-0.25, -0.2) is 4.79 Å². The second-order valence-corrected chi connectivity index (χ2v) is 8.69. The van der Waals surface area contributed by atoms with Gasteiger partial charge in [0, 0.05) is 46.3 Å². The van der Waals surface area contributed by atoms with Crippen LogP contribution in [0.2, 0.25) is 0 Å². The van der Waals surface area contributed by atoms with Crippen LogP contribution in [0.5, 0.6) is 5.75 Å². The van der Waals surface area contributed by atoms with Crippen molar-refractivity contribution in [2.24, 2.45) is 14.1 Å². The van der Waals surface area contributed by atoms with E-state index < -0.39 is 23.1 Å². The van der Waals surface area contributed by atoms with Crippen LogP contribution < -0.4 is 11.1 Å². The molecule has 4 rings (SSSR count). The van der Waals surface area contributed by atoms with Crippen molar-refractivity contribution in [1.29, 1.82) is 0 Å². The zero-order chi connectivity index (χ0) is 25.3. The highest BCUT2D eigenvalue weighted by Gasteiger charge is 2.28. The highest BCUT2D eigenvalue weighted by molar-refractivity contribution is 5.78. The van der Waals surface area contributed by atoms with Gasteiger partial charge in [0.25, 0.3) is 0 Å².